The molecule has 0 aliphatic carbocycles. The van der Waals surface area contributed by atoms with E-state index in [1.54, 1.807) is 11.8 Å². The van der Waals surface area contributed by atoms with E-state index in [1.807, 2.05) is 12.3 Å². The van der Waals surface area contributed by atoms with Crippen LogP contribution in [0.15, 0.2) is 0 Å². The van der Waals surface area contributed by atoms with Gasteiger partial charge in [0.1, 0.15) is 11.8 Å². The summed E-state index contributed by atoms with van der Waals surface area (Å²) in [5.41, 5.74) is 1.25. The summed E-state index contributed by atoms with van der Waals surface area (Å²) in [7, 11) is 0. The molecule has 0 fully saturated rings. The van der Waals surface area contributed by atoms with E-state index in [-0.39, 0.29) is 0 Å². The summed E-state index contributed by atoms with van der Waals surface area (Å²) >= 11 is 1.73. The Bertz CT molecular complexity index is 262. The van der Waals surface area contributed by atoms with Gasteiger partial charge in [0.2, 0.25) is 0 Å². The second kappa shape index (κ2) is 3.98. The predicted octanol–water partition coefficient (Wildman–Crippen LogP) is 0.582. The van der Waals surface area contributed by atoms with Crippen LogP contribution >= 0.6 is 11.8 Å². The van der Waals surface area contributed by atoms with Crippen molar-refractivity contribution in [2.24, 2.45) is 0 Å². The van der Waals surface area contributed by atoms with Crippen molar-refractivity contribution in [3.63, 3.8) is 0 Å². The smallest absolute Gasteiger partial charge is 0.158 e. The Balaban J connectivity index is 2.63. The lowest BCUT2D eigenvalue weighted by Crippen LogP contribution is -1.91. The number of hydrogen-bond acceptors (Lipinski definition) is 4. The first kappa shape index (κ1) is 8.08. The first-order chi connectivity index (χ1) is 5.38. The van der Waals surface area contributed by atoms with Crippen LogP contribution in [-0.2, 0) is 6.42 Å². The molecule has 0 aliphatic heterocycles. The molecular formula is C6H8N4S. The molecule has 0 bridgehead atoms. The minimum atomic E-state index is 0.485. The van der Waals surface area contributed by atoms with E-state index in [9.17, 15) is 0 Å². The zero-order chi connectivity index (χ0) is 8.10. The molecule has 1 rings (SSSR count). The van der Waals surface area contributed by atoms with E-state index < -0.39 is 0 Å². The van der Waals surface area contributed by atoms with Crippen LogP contribution < -0.4 is 0 Å². The van der Waals surface area contributed by atoms with Gasteiger partial charge in [-0.1, -0.05) is 5.21 Å². The average molecular weight is 168 g/mol. The number of aromatic nitrogens is 3. The molecule has 11 heavy (non-hydrogen) atoms. The number of rotatable bonds is 3. The topological polar surface area (TPSA) is 65.4 Å². The summed E-state index contributed by atoms with van der Waals surface area (Å²) in [6.07, 6.45) is 2.83. The van der Waals surface area contributed by atoms with E-state index in [0.717, 1.165) is 17.9 Å². The molecule has 1 aromatic heterocycles. The zero-order valence-electron chi connectivity index (χ0n) is 6.16. The first-order valence-corrected chi connectivity index (χ1v) is 4.57. The summed E-state index contributed by atoms with van der Waals surface area (Å²) in [6, 6.07) is 1.99. The molecule has 0 amide bonds. The standard InChI is InChI=1S/C6H8N4S/c1-11-3-2-5-6(4-7)9-10-8-5/h2-3H2,1H3,(H,8,9,10). The van der Waals surface area contributed by atoms with Crippen LogP contribution in [0.3, 0.4) is 0 Å². The Morgan fingerprint density at radius 1 is 1.73 bits per heavy atom. The normalized spacial score (nSPS) is 9.45. The van der Waals surface area contributed by atoms with Crippen molar-refractivity contribution in [3.05, 3.63) is 11.4 Å². The molecule has 0 radical (unpaired) electrons. The molecule has 5 heteroatoms. The Kier molecular flexibility index (Phi) is 2.93. The fraction of sp³-hybridized carbons (Fsp3) is 0.500. The second-order valence-corrected chi connectivity index (χ2v) is 2.97. The molecule has 0 saturated carbocycles. The molecule has 0 atom stereocenters. The Labute approximate surface area is 69.0 Å². The second-order valence-electron chi connectivity index (χ2n) is 1.99. The van der Waals surface area contributed by atoms with E-state index >= 15 is 0 Å². The van der Waals surface area contributed by atoms with Crippen LogP contribution in [0.2, 0.25) is 0 Å². The third-order valence-electron chi connectivity index (χ3n) is 1.28. The molecule has 1 heterocycles. The molecule has 0 unspecified atom stereocenters. The van der Waals surface area contributed by atoms with Crippen LogP contribution in [0.4, 0.5) is 0 Å². The van der Waals surface area contributed by atoms with E-state index in [2.05, 4.69) is 15.4 Å². The van der Waals surface area contributed by atoms with Gasteiger partial charge in [-0.2, -0.15) is 17.0 Å². The van der Waals surface area contributed by atoms with Gasteiger partial charge in [-0.05, 0) is 12.0 Å². The van der Waals surface area contributed by atoms with Gasteiger partial charge in [0.15, 0.2) is 5.69 Å². The third-order valence-corrected chi connectivity index (χ3v) is 1.89. The van der Waals surface area contributed by atoms with Crippen LogP contribution in [-0.4, -0.2) is 27.4 Å². The minimum Gasteiger partial charge on any atom is -0.247 e. The van der Waals surface area contributed by atoms with Crippen LogP contribution in [0.1, 0.15) is 11.4 Å². The summed E-state index contributed by atoms with van der Waals surface area (Å²) in [4.78, 5) is 0. The Morgan fingerprint density at radius 3 is 3.18 bits per heavy atom. The lowest BCUT2D eigenvalue weighted by Gasteiger charge is -1.90. The van der Waals surface area contributed by atoms with Gasteiger partial charge in [0.05, 0.1) is 0 Å². The molecule has 0 spiro atoms. The zero-order valence-corrected chi connectivity index (χ0v) is 6.98. The van der Waals surface area contributed by atoms with Crippen LogP contribution in [0, 0.1) is 11.3 Å². The number of nitrogens with one attached hydrogen (secondary N) is 1. The van der Waals surface area contributed by atoms with Crippen LogP contribution in [0.5, 0.6) is 0 Å². The highest BCUT2D eigenvalue weighted by Gasteiger charge is 2.04. The van der Waals surface area contributed by atoms with Crippen molar-refractivity contribution in [1.29, 1.82) is 5.26 Å². The quantitative estimate of drug-likeness (QED) is 0.717. The van der Waals surface area contributed by atoms with Gasteiger partial charge in [-0.25, -0.2) is 5.10 Å². The van der Waals surface area contributed by atoms with Gasteiger partial charge < -0.3 is 0 Å². The summed E-state index contributed by atoms with van der Waals surface area (Å²) < 4.78 is 0. The summed E-state index contributed by atoms with van der Waals surface area (Å²) in [6.45, 7) is 0. The molecule has 0 aliphatic rings. The summed E-state index contributed by atoms with van der Waals surface area (Å²) in [5.74, 6) is 0.973. The van der Waals surface area contributed by atoms with Gasteiger partial charge in [0, 0.05) is 6.42 Å². The molecule has 4 nitrogen and oxygen atoms in total. The highest BCUT2D eigenvalue weighted by molar-refractivity contribution is 7.98. The van der Waals surface area contributed by atoms with Gasteiger partial charge in [-0.15, -0.1) is 5.10 Å². The monoisotopic (exact) mass is 168 g/mol. The van der Waals surface area contributed by atoms with Crippen molar-refractivity contribution in [2.75, 3.05) is 12.0 Å². The number of aromatic amines is 1. The van der Waals surface area contributed by atoms with E-state index in [0.29, 0.717) is 5.69 Å². The lowest BCUT2D eigenvalue weighted by molar-refractivity contribution is 0.909. The van der Waals surface area contributed by atoms with E-state index in [1.165, 1.54) is 0 Å². The molecule has 0 saturated heterocycles. The SMILES string of the molecule is CSCCc1nn[nH]c1C#N. The fourth-order valence-corrected chi connectivity index (χ4v) is 1.11. The maximum absolute atomic E-state index is 8.54. The van der Waals surface area contributed by atoms with E-state index in [4.69, 9.17) is 5.26 Å². The maximum Gasteiger partial charge on any atom is 0.158 e. The van der Waals surface area contributed by atoms with Gasteiger partial charge in [-0.3, -0.25) is 0 Å². The Morgan fingerprint density at radius 2 is 2.55 bits per heavy atom. The molecular weight excluding hydrogens is 160 g/mol. The third kappa shape index (κ3) is 1.95. The average Bonchev–Trinajstić information content (AvgIpc) is 2.47. The van der Waals surface area contributed by atoms with Gasteiger partial charge >= 0.3 is 0 Å². The highest BCUT2D eigenvalue weighted by atomic mass is 32.2. The Hall–Kier alpha value is -1.02. The van der Waals surface area contributed by atoms with Crippen molar-refractivity contribution in [1.82, 2.24) is 15.4 Å². The van der Waals surface area contributed by atoms with Crippen molar-refractivity contribution in [3.8, 4) is 6.07 Å². The number of nitrogens with zero attached hydrogens (tertiary/aromatic N) is 3. The van der Waals surface area contributed by atoms with Crippen molar-refractivity contribution >= 4 is 11.8 Å². The predicted molar refractivity (Wildman–Crippen MR) is 43.2 cm³/mol. The fourth-order valence-electron chi connectivity index (χ4n) is 0.713. The minimum absolute atomic E-state index is 0.485. The van der Waals surface area contributed by atoms with Gasteiger partial charge in [0.25, 0.3) is 0 Å². The number of nitriles is 1. The number of H-pyrrole nitrogens is 1. The largest absolute Gasteiger partial charge is 0.247 e. The van der Waals surface area contributed by atoms with Crippen molar-refractivity contribution in [2.45, 2.75) is 6.42 Å². The molecule has 1 aromatic rings. The summed E-state index contributed by atoms with van der Waals surface area (Å²) in [5, 5.41) is 18.4. The highest BCUT2D eigenvalue weighted by Crippen LogP contribution is 2.03. The molecule has 1 N–H and O–H groups in total. The van der Waals surface area contributed by atoms with Crippen molar-refractivity contribution < 1.29 is 0 Å². The number of hydrogen-bond donors (Lipinski definition) is 1. The first-order valence-electron chi connectivity index (χ1n) is 3.17. The lowest BCUT2D eigenvalue weighted by atomic mass is 10.3. The number of aryl methyl sites for hydroxylation is 1. The molecule has 0 aromatic carbocycles. The molecule has 58 valence electrons. The van der Waals surface area contributed by atoms with Crippen LogP contribution in [0.25, 0.3) is 0 Å². The maximum atomic E-state index is 8.54. The number of thioether (sulfide) groups is 1.